The van der Waals surface area contributed by atoms with Gasteiger partial charge in [0.25, 0.3) is 5.91 Å². The molecule has 1 aromatic heterocycles. The van der Waals surface area contributed by atoms with Crippen LogP contribution in [0.5, 0.6) is 0 Å². The van der Waals surface area contributed by atoms with E-state index in [1.54, 1.807) is 6.07 Å². The van der Waals surface area contributed by atoms with Crippen LogP contribution in [-0.4, -0.2) is 30.1 Å². The van der Waals surface area contributed by atoms with Gasteiger partial charge in [-0.3, -0.25) is 4.79 Å². The molecule has 21 heavy (non-hydrogen) atoms. The number of nitrogen functional groups attached to an aromatic ring is 1. The first-order valence-electron chi connectivity index (χ1n) is 7.68. The molecule has 1 aliphatic heterocycles. The lowest BCUT2D eigenvalue weighted by molar-refractivity contribution is 0.0827. The van der Waals surface area contributed by atoms with E-state index in [1.165, 1.54) is 0 Å². The number of nitrogens with two attached hydrogens (primary N) is 1. The Bertz CT molecular complexity index is 502. The Balaban J connectivity index is 2.00. The molecule has 3 N–H and O–H groups in total. The number of amides is 1. The molecule has 5 heteroatoms. The molecular weight excluding hydrogens is 266 g/mol. The number of pyridine rings is 1. The molecule has 1 saturated heterocycles. The molecule has 116 valence electrons. The summed E-state index contributed by atoms with van der Waals surface area (Å²) in [5, 5.41) is 3.00. The van der Waals surface area contributed by atoms with E-state index >= 15 is 0 Å². The van der Waals surface area contributed by atoms with Crippen molar-refractivity contribution in [3.63, 3.8) is 0 Å². The van der Waals surface area contributed by atoms with Gasteiger partial charge in [0.1, 0.15) is 5.82 Å². The second-order valence-electron chi connectivity index (χ2n) is 5.94. The SMILES string of the molecule is CCC1OCCC1CNC(=O)c1cc(N)nc(C(C)C)c1. The van der Waals surface area contributed by atoms with Crippen LogP contribution in [0.1, 0.15) is 55.6 Å². The van der Waals surface area contributed by atoms with Crippen LogP contribution in [-0.2, 0) is 4.74 Å². The van der Waals surface area contributed by atoms with Crippen molar-refractivity contribution in [1.29, 1.82) is 0 Å². The van der Waals surface area contributed by atoms with Gasteiger partial charge < -0.3 is 15.8 Å². The van der Waals surface area contributed by atoms with E-state index in [1.807, 2.05) is 19.9 Å². The predicted molar refractivity (Wildman–Crippen MR) is 83.2 cm³/mol. The van der Waals surface area contributed by atoms with Crippen LogP contribution in [0, 0.1) is 5.92 Å². The average molecular weight is 291 g/mol. The summed E-state index contributed by atoms with van der Waals surface area (Å²) in [6.45, 7) is 7.62. The highest BCUT2D eigenvalue weighted by Gasteiger charge is 2.27. The number of rotatable bonds is 5. The van der Waals surface area contributed by atoms with Gasteiger partial charge in [-0.05, 0) is 30.9 Å². The summed E-state index contributed by atoms with van der Waals surface area (Å²) in [5.74, 6) is 0.949. The van der Waals surface area contributed by atoms with Gasteiger partial charge in [-0.15, -0.1) is 0 Å². The van der Waals surface area contributed by atoms with Crippen LogP contribution in [0.15, 0.2) is 12.1 Å². The summed E-state index contributed by atoms with van der Waals surface area (Å²) in [4.78, 5) is 16.5. The van der Waals surface area contributed by atoms with E-state index in [9.17, 15) is 4.79 Å². The first-order chi connectivity index (χ1) is 10.0. The van der Waals surface area contributed by atoms with Crippen molar-refractivity contribution in [3.8, 4) is 0 Å². The summed E-state index contributed by atoms with van der Waals surface area (Å²) < 4.78 is 5.64. The molecular formula is C16H25N3O2. The highest BCUT2D eigenvalue weighted by molar-refractivity contribution is 5.94. The van der Waals surface area contributed by atoms with Gasteiger partial charge in [-0.2, -0.15) is 0 Å². The van der Waals surface area contributed by atoms with Crippen molar-refractivity contribution in [2.75, 3.05) is 18.9 Å². The number of carbonyl (C=O) groups is 1. The van der Waals surface area contributed by atoms with Crippen molar-refractivity contribution >= 4 is 11.7 Å². The molecule has 2 rings (SSSR count). The molecule has 0 radical (unpaired) electrons. The molecule has 0 aliphatic carbocycles. The van der Waals surface area contributed by atoms with Crippen molar-refractivity contribution in [3.05, 3.63) is 23.4 Å². The Hall–Kier alpha value is -1.62. The fourth-order valence-corrected chi connectivity index (χ4v) is 2.70. The number of hydrogen-bond donors (Lipinski definition) is 2. The Kier molecular flexibility index (Phi) is 5.17. The lowest BCUT2D eigenvalue weighted by Gasteiger charge is -2.17. The smallest absolute Gasteiger partial charge is 0.251 e. The summed E-state index contributed by atoms with van der Waals surface area (Å²) in [5.41, 5.74) is 7.21. The first kappa shape index (κ1) is 15.8. The van der Waals surface area contributed by atoms with E-state index in [0.29, 0.717) is 23.8 Å². The number of nitrogens with zero attached hydrogens (tertiary/aromatic N) is 1. The zero-order chi connectivity index (χ0) is 15.4. The van der Waals surface area contributed by atoms with Crippen molar-refractivity contribution < 1.29 is 9.53 Å². The normalized spacial score (nSPS) is 21.7. The number of ether oxygens (including phenoxy) is 1. The van der Waals surface area contributed by atoms with Crippen LogP contribution in [0.2, 0.25) is 0 Å². The highest BCUT2D eigenvalue weighted by Crippen LogP contribution is 2.22. The maximum Gasteiger partial charge on any atom is 0.251 e. The first-order valence-corrected chi connectivity index (χ1v) is 7.68. The summed E-state index contributed by atoms with van der Waals surface area (Å²) >= 11 is 0. The Labute approximate surface area is 126 Å². The molecule has 1 aromatic rings. The average Bonchev–Trinajstić information content (AvgIpc) is 2.91. The highest BCUT2D eigenvalue weighted by atomic mass is 16.5. The van der Waals surface area contributed by atoms with E-state index in [4.69, 9.17) is 10.5 Å². The minimum atomic E-state index is -0.0900. The quantitative estimate of drug-likeness (QED) is 0.873. The fraction of sp³-hybridized carbons (Fsp3) is 0.625. The van der Waals surface area contributed by atoms with Crippen LogP contribution in [0.3, 0.4) is 0 Å². The van der Waals surface area contributed by atoms with Gasteiger partial charge in [0, 0.05) is 30.3 Å². The zero-order valence-electron chi connectivity index (χ0n) is 13.1. The lowest BCUT2D eigenvalue weighted by Crippen LogP contribution is -2.32. The Morgan fingerprint density at radius 2 is 2.29 bits per heavy atom. The van der Waals surface area contributed by atoms with Gasteiger partial charge in [-0.25, -0.2) is 4.98 Å². The van der Waals surface area contributed by atoms with Crippen LogP contribution < -0.4 is 11.1 Å². The maximum absolute atomic E-state index is 12.3. The number of anilines is 1. The molecule has 0 aromatic carbocycles. The van der Waals surface area contributed by atoms with E-state index in [-0.39, 0.29) is 17.9 Å². The van der Waals surface area contributed by atoms with Crippen LogP contribution in [0.25, 0.3) is 0 Å². The third-order valence-electron chi connectivity index (χ3n) is 3.99. The number of carbonyl (C=O) groups excluding carboxylic acids is 1. The van der Waals surface area contributed by atoms with Gasteiger partial charge in [0.05, 0.1) is 6.10 Å². The standard InChI is InChI=1S/C16H25N3O2/c1-4-14-11(5-6-21-14)9-18-16(20)12-7-13(10(2)3)19-15(17)8-12/h7-8,10-11,14H,4-6,9H2,1-3H3,(H2,17,19)(H,18,20). The third-order valence-corrected chi connectivity index (χ3v) is 3.99. The van der Waals surface area contributed by atoms with Crippen molar-refractivity contribution in [1.82, 2.24) is 10.3 Å². The minimum absolute atomic E-state index is 0.0900. The summed E-state index contributed by atoms with van der Waals surface area (Å²) in [7, 11) is 0. The Morgan fingerprint density at radius 3 is 2.95 bits per heavy atom. The monoisotopic (exact) mass is 291 g/mol. The topological polar surface area (TPSA) is 77.2 Å². The molecule has 5 nitrogen and oxygen atoms in total. The third kappa shape index (κ3) is 3.94. The molecule has 1 fully saturated rings. The van der Waals surface area contributed by atoms with Gasteiger partial charge in [-0.1, -0.05) is 20.8 Å². The lowest BCUT2D eigenvalue weighted by atomic mass is 9.99. The fourth-order valence-electron chi connectivity index (χ4n) is 2.70. The molecule has 1 amide bonds. The van der Waals surface area contributed by atoms with Crippen LogP contribution >= 0.6 is 0 Å². The molecule has 0 saturated carbocycles. The molecule has 1 aliphatic rings. The van der Waals surface area contributed by atoms with E-state index in [0.717, 1.165) is 25.1 Å². The minimum Gasteiger partial charge on any atom is -0.384 e. The Morgan fingerprint density at radius 1 is 1.52 bits per heavy atom. The molecule has 0 spiro atoms. The van der Waals surface area contributed by atoms with Crippen LogP contribution in [0.4, 0.5) is 5.82 Å². The maximum atomic E-state index is 12.3. The second kappa shape index (κ2) is 6.89. The predicted octanol–water partition coefficient (Wildman–Crippen LogP) is 2.33. The summed E-state index contributed by atoms with van der Waals surface area (Å²) in [6, 6.07) is 3.45. The molecule has 2 unspecified atom stereocenters. The zero-order valence-corrected chi connectivity index (χ0v) is 13.1. The van der Waals surface area contributed by atoms with Crippen molar-refractivity contribution in [2.24, 2.45) is 5.92 Å². The molecule has 2 heterocycles. The number of aromatic nitrogens is 1. The second-order valence-corrected chi connectivity index (χ2v) is 5.94. The summed E-state index contributed by atoms with van der Waals surface area (Å²) in [6.07, 6.45) is 2.26. The number of nitrogens with one attached hydrogen (secondary N) is 1. The van der Waals surface area contributed by atoms with Gasteiger partial charge >= 0.3 is 0 Å². The van der Waals surface area contributed by atoms with E-state index in [2.05, 4.69) is 17.2 Å². The van der Waals surface area contributed by atoms with Gasteiger partial charge in [0.2, 0.25) is 0 Å². The van der Waals surface area contributed by atoms with E-state index < -0.39 is 0 Å². The molecule has 2 atom stereocenters. The van der Waals surface area contributed by atoms with Gasteiger partial charge in [0.15, 0.2) is 0 Å². The van der Waals surface area contributed by atoms with Crippen molar-refractivity contribution in [2.45, 2.75) is 45.6 Å². The number of hydrogen-bond acceptors (Lipinski definition) is 4. The largest absolute Gasteiger partial charge is 0.384 e. The molecule has 0 bridgehead atoms.